The zero-order valence-corrected chi connectivity index (χ0v) is 14.7. The molecular weight excluding hydrogens is 314 g/mol. The first kappa shape index (κ1) is 16.1. The third-order valence-electron chi connectivity index (χ3n) is 5.26. The van der Waals surface area contributed by atoms with Crippen LogP contribution in [0.25, 0.3) is 11.3 Å². The molecule has 1 aromatic carbocycles. The maximum atomic E-state index is 5.62. The van der Waals surface area contributed by atoms with Crippen LogP contribution >= 0.6 is 0 Å². The third-order valence-corrected chi connectivity index (χ3v) is 5.26. The third kappa shape index (κ3) is 3.39. The smallest absolute Gasteiger partial charge is 0.194 e. The van der Waals surface area contributed by atoms with Crippen LogP contribution in [0.15, 0.2) is 41.5 Å². The van der Waals surface area contributed by atoms with Gasteiger partial charge in [0.05, 0.1) is 25.0 Å². The molecule has 2 aromatic rings. The molecule has 1 spiro atoms. The highest BCUT2D eigenvalue weighted by molar-refractivity contribution is 5.80. The fourth-order valence-corrected chi connectivity index (χ4v) is 3.80. The van der Waals surface area contributed by atoms with Crippen LogP contribution in [0.1, 0.15) is 18.7 Å². The van der Waals surface area contributed by atoms with E-state index in [9.17, 15) is 0 Å². The number of likely N-dealkylation sites (tertiary alicyclic amines) is 1. The number of nitrogens with zero attached hydrogens (tertiary/aromatic N) is 3. The van der Waals surface area contributed by atoms with Crippen LogP contribution in [0, 0.1) is 5.41 Å². The minimum absolute atomic E-state index is 0.336. The molecule has 6 heteroatoms. The van der Waals surface area contributed by atoms with Gasteiger partial charge in [-0.25, -0.2) is 4.98 Å². The number of imidazole rings is 1. The number of guanidine groups is 1. The first-order chi connectivity index (χ1) is 12.3. The van der Waals surface area contributed by atoms with Gasteiger partial charge < -0.3 is 19.9 Å². The standard InChI is InChI=1S/C19H25N5O/c1-20-18(24-9-7-19(13-24)8-10-25-14-19)22-12-17-21-11-16(23-17)15-5-3-2-4-6-15/h2-6,11H,7-10,12-14H2,1H3,(H,20,22)(H,21,23). The second-order valence-corrected chi connectivity index (χ2v) is 6.98. The first-order valence-electron chi connectivity index (χ1n) is 8.91. The van der Waals surface area contributed by atoms with Crippen LogP contribution in [0.2, 0.25) is 0 Å². The topological polar surface area (TPSA) is 65.5 Å². The molecule has 2 fully saturated rings. The van der Waals surface area contributed by atoms with Crippen LogP contribution in [0.3, 0.4) is 0 Å². The summed E-state index contributed by atoms with van der Waals surface area (Å²) in [5, 5.41) is 3.44. The quantitative estimate of drug-likeness (QED) is 0.665. The van der Waals surface area contributed by atoms with Gasteiger partial charge >= 0.3 is 0 Å². The van der Waals surface area contributed by atoms with Gasteiger partial charge in [-0.1, -0.05) is 30.3 Å². The fraction of sp³-hybridized carbons (Fsp3) is 0.474. The van der Waals surface area contributed by atoms with E-state index in [2.05, 4.69) is 37.3 Å². The average molecular weight is 339 g/mol. The van der Waals surface area contributed by atoms with E-state index < -0.39 is 0 Å². The largest absolute Gasteiger partial charge is 0.381 e. The molecule has 0 saturated carbocycles. The lowest BCUT2D eigenvalue weighted by molar-refractivity contribution is 0.156. The van der Waals surface area contributed by atoms with Gasteiger partial charge in [0, 0.05) is 32.2 Å². The summed E-state index contributed by atoms with van der Waals surface area (Å²) in [5.41, 5.74) is 2.52. The lowest BCUT2D eigenvalue weighted by atomic mass is 9.87. The van der Waals surface area contributed by atoms with Crippen LogP contribution in [0.5, 0.6) is 0 Å². The zero-order valence-electron chi connectivity index (χ0n) is 14.7. The molecule has 2 aliphatic heterocycles. The normalized spacial score (nSPS) is 23.6. The number of benzene rings is 1. The van der Waals surface area contributed by atoms with Crippen LogP contribution < -0.4 is 5.32 Å². The number of aliphatic imine (C=N–C) groups is 1. The molecule has 2 aliphatic rings. The maximum Gasteiger partial charge on any atom is 0.194 e. The first-order valence-corrected chi connectivity index (χ1v) is 8.91. The lowest BCUT2D eigenvalue weighted by Gasteiger charge is -2.24. The monoisotopic (exact) mass is 339 g/mol. The number of aromatic nitrogens is 2. The Morgan fingerprint density at radius 3 is 3.00 bits per heavy atom. The number of aromatic amines is 1. The molecule has 4 rings (SSSR count). The van der Waals surface area contributed by atoms with E-state index >= 15 is 0 Å². The van der Waals surface area contributed by atoms with Crippen molar-refractivity contribution in [1.29, 1.82) is 0 Å². The summed E-state index contributed by atoms with van der Waals surface area (Å²) in [6.45, 7) is 4.49. The second kappa shape index (κ2) is 6.88. The van der Waals surface area contributed by atoms with Gasteiger partial charge in [0.25, 0.3) is 0 Å². The molecule has 3 heterocycles. The van der Waals surface area contributed by atoms with Crippen molar-refractivity contribution in [3.8, 4) is 11.3 Å². The Bertz CT molecular complexity index is 733. The molecule has 25 heavy (non-hydrogen) atoms. The zero-order chi connectivity index (χ0) is 17.1. The van der Waals surface area contributed by atoms with Gasteiger partial charge in [0.15, 0.2) is 5.96 Å². The van der Waals surface area contributed by atoms with E-state index in [1.165, 1.54) is 12.8 Å². The van der Waals surface area contributed by atoms with Crippen molar-refractivity contribution in [1.82, 2.24) is 20.2 Å². The summed E-state index contributed by atoms with van der Waals surface area (Å²) < 4.78 is 5.62. The lowest BCUT2D eigenvalue weighted by Crippen LogP contribution is -2.41. The summed E-state index contributed by atoms with van der Waals surface area (Å²) in [4.78, 5) is 14.7. The van der Waals surface area contributed by atoms with Crippen molar-refractivity contribution < 1.29 is 4.74 Å². The average Bonchev–Trinajstić information content (AvgIpc) is 3.39. The summed E-state index contributed by atoms with van der Waals surface area (Å²) >= 11 is 0. The molecule has 0 bridgehead atoms. The SMILES string of the molecule is CN=C(NCc1ncc(-c2ccccc2)[nH]1)N1CCC2(CCOC2)C1. The van der Waals surface area contributed by atoms with Crippen molar-refractivity contribution in [2.24, 2.45) is 10.4 Å². The number of hydrogen-bond donors (Lipinski definition) is 2. The molecule has 0 amide bonds. The van der Waals surface area contributed by atoms with Crippen LogP contribution in [-0.2, 0) is 11.3 Å². The molecule has 1 unspecified atom stereocenters. The number of rotatable bonds is 3. The fourth-order valence-electron chi connectivity index (χ4n) is 3.80. The molecule has 6 nitrogen and oxygen atoms in total. The van der Waals surface area contributed by atoms with Gasteiger partial charge in [-0.15, -0.1) is 0 Å². The van der Waals surface area contributed by atoms with Crippen molar-refractivity contribution >= 4 is 5.96 Å². The Kier molecular flexibility index (Phi) is 4.44. The summed E-state index contributed by atoms with van der Waals surface area (Å²) in [5.74, 6) is 1.86. The van der Waals surface area contributed by atoms with E-state index in [1.54, 1.807) is 0 Å². The molecule has 132 valence electrons. The van der Waals surface area contributed by atoms with Gasteiger partial charge in [-0.3, -0.25) is 4.99 Å². The number of hydrogen-bond acceptors (Lipinski definition) is 3. The van der Waals surface area contributed by atoms with Gasteiger partial charge in [-0.2, -0.15) is 0 Å². The Balaban J connectivity index is 1.37. The highest BCUT2D eigenvalue weighted by Gasteiger charge is 2.42. The summed E-state index contributed by atoms with van der Waals surface area (Å²) in [7, 11) is 1.84. The Labute approximate surface area is 148 Å². The van der Waals surface area contributed by atoms with E-state index in [-0.39, 0.29) is 0 Å². The van der Waals surface area contributed by atoms with Crippen molar-refractivity contribution in [2.45, 2.75) is 19.4 Å². The number of nitrogens with one attached hydrogen (secondary N) is 2. The minimum Gasteiger partial charge on any atom is -0.381 e. The molecule has 0 radical (unpaired) electrons. The molecule has 2 saturated heterocycles. The number of ether oxygens (including phenoxy) is 1. The van der Waals surface area contributed by atoms with E-state index in [1.807, 2.05) is 31.4 Å². The van der Waals surface area contributed by atoms with Crippen molar-refractivity contribution in [3.05, 3.63) is 42.4 Å². The Morgan fingerprint density at radius 2 is 2.24 bits per heavy atom. The van der Waals surface area contributed by atoms with Gasteiger partial charge in [0.2, 0.25) is 0 Å². The van der Waals surface area contributed by atoms with E-state index in [0.717, 1.165) is 49.3 Å². The molecular formula is C19H25N5O. The molecule has 2 N–H and O–H groups in total. The Morgan fingerprint density at radius 1 is 1.36 bits per heavy atom. The Hall–Kier alpha value is -2.34. The van der Waals surface area contributed by atoms with Crippen LogP contribution in [-0.4, -0.2) is 54.2 Å². The van der Waals surface area contributed by atoms with E-state index in [0.29, 0.717) is 12.0 Å². The second-order valence-electron chi connectivity index (χ2n) is 6.98. The predicted molar refractivity (Wildman–Crippen MR) is 98.3 cm³/mol. The predicted octanol–water partition coefficient (Wildman–Crippen LogP) is 2.26. The highest BCUT2D eigenvalue weighted by atomic mass is 16.5. The van der Waals surface area contributed by atoms with Crippen LogP contribution in [0.4, 0.5) is 0 Å². The minimum atomic E-state index is 0.336. The van der Waals surface area contributed by atoms with Gasteiger partial charge in [0.1, 0.15) is 5.82 Å². The van der Waals surface area contributed by atoms with E-state index in [4.69, 9.17) is 4.74 Å². The molecule has 0 aliphatic carbocycles. The summed E-state index contributed by atoms with van der Waals surface area (Å²) in [6.07, 6.45) is 4.24. The van der Waals surface area contributed by atoms with Crippen molar-refractivity contribution in [2.75, 3.05) is 33.4 Å². The van der Waals surface area contributed by atoms with Crippen molar-refractivity contribution in [3.63, 3.8) is 0 Å². The van der Waals surface area contributed by atoms with Gasteiger partial charge in [-0.05, 0) is 18.4 Å². The maximum absolute atomic E-state index is 5.62. The highest BCUT2D eigenvalue weighted by Crippen LogP contribution is 2.38. The summed E-state index contributed by atoms with van der Waals surface area (Å²) in [6, 6.07) is 10.2. The number of H-pyrrole nitrogens is 1. The molecule has 1 aromatic heterocycles. The molecule has 1 atom stereocenters.